The summed E-state index contributed by atoms with van der Waals surface area (Å²) >= 11 is 0. The zero-order chi connectivity index (χ0) is 22.4. The zero-order valence-corrected chi connectivity index (χ0v) is 18.7. The molecule has 1 N–H and O–H groups in total. The standard InChI is InChI=1S/C24H32N4O4/c1-27(17-22-25-8-3-9-26-22)23(30)21-16-28(18-24(21)6-11-31-12-7-24)15-19-4-2-5-20(14-19)32-13-10-29/h2-5,8-9,14,21,29H,6-7,10-13,15-18H2,1H3/t21-/m1/s1. The minimum atomic E-state index is -0.0751. The van der Waals surface area contributed by atoms with Gasteiger partial charge in [-0.25, -0.2) is 9.97 Å². The zero-order valence-electron chi connectivity index (χ0n) is 18.7. The molecule has 1 spiro atoms. The highest BCUT2D eigenvalue weighted by atomic mass is 16.5. The molecular weight excluding hydrogens is 408 g/mol. The van der Waals surface area contributed by atoms with Crippen molar-refractivity contribution in [1.82, 2.24) is 19.8 Å². The van der Waals surface area contributed by atoms with Gasteiger partial charge in [0.05, 0.1) is 19.1 Å². The second kappa shape index (κ2) is 10.4. The van der Waals surface area contributed by atoms with Gasteiger partial charge in [0, 0.05) is 57.7 Å². The van der Waals surface area contributed by atoms with Gasteiger partial charge in [0.15, 0.2) is 0 Å². The van der Waals surface area contributed by atoms with Crippen molar-refractivity contribution in [3.63, 3.8) is 0 Å². The van der Waals surface area contributed by atoms with E-state index in [-0.39, 0.29) is 30.5 Å². The number of carbonyl (C=O) groups excluding carboxylic acids is 1. The minimum Gasteiger partial charge on any atom is -0.491 e. The molecule has 172 valence electrons. The molecule has 3 heterocycles. The predicted octanol–water partition coefficient (Wildman–Crippen LogP) is 1.73. The largest absolute Gasteiger partial charge is 0.491 e. The fourth-order valence-corrected chi connectivity index (χ4v) is 4.94. The third-order valence-corrected chi connectivity index (χ3v) is 6.54. The van der Waals surface area contributed by atoms with Gasteiger partial charge in [-0.1, -0.05) is 12.1 Å². The first-order valence-electron chi connectivity index (χ1n) is 11.2. The van der Waals surface area contributed by atoms with Crippen LogP contribution in [0.5, 0.6) is 5.75 Å². The van der Waals surface area contributed by atoms with Crippen LogP contribution in [0.1, 0.15) is 24.2 Å². The van der Waals surface area contributed by atoms with E-state index in [2.05, 4.69) is 20.9 Å². The number of likely N-dealkylation sites (tertiary alicyclic amines) is 1. The van der Waals surface area contributed by atoms with Gasteiger partial charge in [-0.15, -0.1) is 0 Å². The number of aliphatic hydroxyl groups excluding tert-OH is 1. The molecular formula is C24H32N4O4. The van der Waals surface area contributed by atoms with Crippen LogP contribution >= 0.6 is 0 Å². The number of aromatic nitrogens is 2. The van der Waals surface area contributed by atoms with E-state index in [1.807, 2.05) is 25.2 Å². The maximum Gasteiger partial charge on any atom is 0.227 e. The summed E-state index contributed by atoms with van der Waals surface area (Å²) in [5.74, 6) is 1.49. The van der Waals surface area contributed by atoms with Crippen LogP contribution in [-0.2, 0) is 22.6 Å². The molecule has 2 saturated heterocycles. The number of rotatable bonds is 8. The first-order valence-corrected chi connectivity index (χ1v) is 11.2. The third-order valence-electron chi connectivity index (χ3n) is 6.54. The van der Waals surface area contributed by atoms with Crippen LogP contribution in [0, 0.1) is 11.3 Å². The molecule has 0 bridgehead atoms. The van der Waals surface area contributed by atoms with Crippen molar-refractivity contribution < 1.29 is 19.4 Å². The smallest absolute Gasteiger partial charge is 0.227 e. The number of hydrogen-bond donors (Lipinski definition) is 1. The molecule has 8 heteroatoms. The molecule has 2 aliphatic heterocycles. The van der Waals surface area contributed by atoms with Crippen LogP contribution in [-0.4, -0.2) is 77.3 Å². The van der Waals surface area contributed by atoms with Gasteiger partial charge in [0.1, 0.15) is 18.2 Å². The molecule has 2 aromatic rings. The second-order valence-corrected chi connectivity index (χ2v) is 8.78. The van der Waals surface area contributed by atoms with E-state index in [1.165, 1.54) is 0 Å². The molecule has 0 saturated carbocycles. The number of benzene rings is 1. The number of carbonyl (C=O) groups is 1. The minimum absolute atomic E-state index is 0.00766. The van der Waals surface area contributed by atoms with Crippen molar-refractivity contribution in [2.75, 3.05) is 46.6 Å². The van der Waals surface area contributed by atoms with E-state index >= 15 is 0 Å². The Morgan fingerprint density at radius 1 is 1.28 bits per heavy atom. The maximum absolute atomic E-state index is 13.6. The van der Waals surface area contributed by atoms with Crippen LogP contribution < -0.4 is 4.74 Å². The Bertz CT molecular complexity index is 889. The molecule has 0 aliphatic carbocycles. The summed E-state index contributed by atoms with van der Waals surface area (Å²) in [4.78, 5) is 26.2. The lowest BCUT2D eigenvalue weighted by atomic mass is 9.71. The number of aliphatic hydroxyl groups is 1. The Labute approximate surface area is 189 Å². The summed E-state index contributed by atoms with van der Waals surface area (Å²) in [5.41, 5.74) is 1.08. The summed E-state index contributed by atoms with van der Waals surface area (Å²) in [6, 6.07) is 9.74. The van der Waals surface area contributed by atoms with Gasteiger partial charge < -0.3 is 19.5 Å². The van der Waals surface area contributed by atoms with Gasteiger partial charge in [-0.05, 0) is 36.6 Å². The van der Waals surface area contributed by atoms with Crippen molar-refractivity contribution in [2.24, 2.45) is 11.3 Å². The monoisotopic (exact) mass is 440 g/mol. The van der Waals surface area contributed by atoms with E-state index in [9.17, 15) is 4.79 Å². The first kappa shape index (κ1) is 22.6. The average Bonchev–Trinajstić information content (AvgIpc) is 3.15. The molecule has 0 radical (unpaired) electrons. The molecule has 1 aromatic heterocycles. The highest BCUT2D eigenvalue weighted by Gasteiger charge is 2.51. The van der Waals surface area contributed by atoms with E-state index in [0.29, 0.717) is 25.6 Å². The molecule has 0 unspecified atom stereocenters. The Morgan fingerprint density at radius 2 is 2.06 bits per heavy atom. The molecule has 1 aromatic carbocycles. The van der Waals surface area contributed by atoms with Gasteiger partial charge in [0.2, 0.25) is 5.91 Å². The Morgan fingerprint density at radius 3 is 2.81 bits per heavy atom. The highest BCUT2D eigenvalue weighted by Crippen LogP contribution is 2.45. The Kier molecular flexibility index (Phi) is 7.34. The molecule has 1 amide bonds. The van der Waals surface area contributed by atoms with Crippen LogP contribution in [0.2, 0.25) is 0 Å². The lowest BCUT2D eigenvalue weighted by molar-refractivity contribution is -0.140. The van der Waals surface area contributed by atoms with Crippen LogP contribution in [0.15, 0.2) is 42.7 Å². The second-order valence-electron chi connectivity index (χ2n) is 8.78. The van der Waals surface area contributed by atoms with E-state index in [1.54, 1.807) is 23.4 Å². The van der Waals surface area contributed by atoms with Crippen molar-refractivity contribution >= 4 is 5.91 Å². The summed E-state index contributed by atoms with van der Waals surface area (Å²) in [5, 5.41) is 9.00. The molecule has 32 heavy (non-hydrogen) atoms. The molecule has 4 rings (SSSR count). The van der Waals surface area contributed by atoms with Crippen molar-refractivity contribution in [3.8, 4) is 5.75 Å². The highest BCUT2D eigenvalue weighted by molar-refractivity contribution is 5.80. The van der Waals surface area contributed by atoms with Crippen LogP contribution in [0.3, 0.4) is 0 Å². The summed E-state index contributed by atoms with van der Waals surface area (Å²) in [6.07, 6.45) is 5.21. The first-order chi connectivity index (χ1) is 15.6. The SMILES string of the molecule is CN(Cc1ncccn1)C(=O)[C@H]1CN(Cc2cccc(OCCO)c2)CC12CCOCC2. The number of hydrogen-bond acceptors (Lipinski definition) is 7. The topological polar surface area (TPSA) is 88.0 Å². The van der Waals surface area contributed by atoms with Crippen LogP contribution in [0.4, 0.5) is 0 Å². The van der Waals surface area contributed by atoms with E-state index < -0.39 is 0 Å². The van der Waals surface area contributed by atoms with Crippen molar-refractivity contribution in [3.05, 3.63) is 54.1 Å². The van der Waals surface area contributed by atoms with Gasteiger partial charge >= 0.3 is 0 Å². The fourth-order valence-electron chi connectivity index (χ4n) is 4.94. The predicted molar refractivity (Wildman–Crippen MR) is 119 cm³/mol. The quantitative estimate of drug-likeness (QED) is 0.669. The van der Waals surface area contributed by atoms with Crippen molar-refractivity contribution in [2.45, 2.75) is 25.9 Å². The van der Waals surface area contributed by atoms with Crippen molar-refractivity contribution in [1.29, 1.82) is 0 Å². The third kappa shape index (κ3) is 5.26. The maximum atomic E-state index is 13.6. The fraction of sp³-hybridized carbons (Fsp3) is 0.542. The lowest BCUT2D eigenvalue weighted by Gasteiger charge is -2.38. The van der Waals surface area contributed by atoms with Gasteiger partial charge in [-0.2, -0.15) is 0 Å². The molecule has 8 nitrogen and oxygen atoms in total. The number of ether oxygens (including phenoxy) is 2. The summed E-state index contributed by atoms with van der Waals surface area (Å²) in [7, 11) is 1.84. The van der Waals surface area contributed by atoms with E-state index in [0.717, 1.165) is 43.8 Å². The normalized spacial score (nSPS) is 20.4. The Balaban J connectivity index is 1.47. The summed E-state index contributed by atoms with van der Waals surface area (Å²) in [6.45, 7) is 4.45. The van der Waals surface area contributed by atoms with Gasteiger partial charge in [-0.3, -0.25) is 9.69 Å². The lowest BCUT2D eigenvalue weighted by Crippen LogP contribution is -2.45. The molecule has 2 fully saturated rings. The molecule has 1 atom stereocenters. The number of amides is 1. The van der Waals surface area contributed by atoms with E-state index in [4.69, 9.17) is 14.6 Å². The van der Waals surface area contributed by atoms with Gasteiger partial charge in [0.25, 0.3) is 0 Å². The summed E-state index contributed by atoms with van der Waals surface area (Å²) < 4.78 is 11.2. The Hall–Kier alpha value is -2.55. The van der Waals surface area contributed by atoms with Crippen LogP contribution in [0.25, 0.3) is 0 Å². The number of nitrogens with zero attached hydrogens (tertiary/aromatic N) is 4. The molecule has 2 aliphatic rings. The average molecular weight is 441 g/mol.